The van der Waals surface area contributed by atoms with Crippen LogP contribution in [-0.2, 0) is 4.74 Å². The van der Waals surface area contributed by atoms with Gasteiger partial charge in [0.2, 0.25) is 0 Å². The van der Waals surface area contributed by atoms with Gasteiger partial charge >= 0.3 is 0 Å². The molecular weight excluding hydrogens is 228 g/mol. The Labute approximate surface area is 109 Å². The Morgan fingerprint density at radius 2 is 1.83 bits per heavy atom. The first-order valence-electron chi connectivity index (χ1n) is 6.03. The molecule has 0 aliphatic rings. The lowest BCUT2D eigenvalue weighted by molar-refractivity contribution is 0.0194. The molecule has 3 heteroatoms. The summed E-state index contributed by atoms with van der Waals surface area (Å²) in [5.41, 5.74) is 1.36. The molecule has 0 amide bonds. The van der Waals surface area contributed by atoms with Gasteiger partial charge < -0.3 is 9.47 Å². The largest absolute Gasteiger partial charge is 0.496 e. The van der Waals surface area contributed by atoms with Crippen LogP contribution in [0.15, 0.2) is 18.2 Å². The van der Waals surface area contributed by atoms with Crippen LogP contribution in [0.3, 0.4) is 0 Å². The molecule has 3 nitrogen and oxygen atoms in total. The first-order valence-corrected chi connectivity index (χ1v) is 6.03. The van der Waals surface area contributed by atoms with Gasteiger partial charge in [0.15, 0.2) is 5.78 Å². The number of carbonyl (C=O) groups excluding carboxylic acids is 1. The Bertz CT molecular complexity index is 430. The summed E-state index contributed by atoms with van der Waals surface area (Å²) in [5, 5.41) is 0. The Balaban J connectivity index is 3.20. The Hall–Kier alpha value is -1.35. The lowest BCUT2D eigenvalue weighted by Crippen LogP contribution is -2.36. The average Bonchev–Trinajstić information content (AvgIpc) is 2.27. The van der Waals surface area contributed by atoms with Crippen molar-refractivity contribution in [2.75, 3.05) is 14.2 Å². The lowest BCUT2D eigenvalue weighted by atomic mass is 9.84. The monoisotopic (exact) mass is 250 g/mol. The number of benzene rings is 1. The molecule has 0 aromatic heterocycles. The molecule has 0 aliphatic carbocycles. The first-order chi connectivity index (χ1) is 8.31. The van der Waals surface area contributed by atoms with Gasteiger partial charge in [0.25, 0.3) is 0 Å². The third-order valence-corrected chi connectivity index (χ3v) is 2.88. The molecular formula is C15H22O3. The number of carbonyl (C=O) groups is 1. The van der Waals surface area contributed by atoms with Crippen LogP contribution < -0.4 is 4.74 Å². The van der Waals surface area contributed by atoms with Gasteiger partial charge in [-0.05, 0) is 24.5 Å². The molecule has 1 unspecified atom stereocenters. The van der Waals surface area contributed by atoms with E-state index in [0.717, 1.165) is 5.56 Å². The third kappa shape index (κ3) is 3.10. The number of methoxy groups -OCH3 is 2. The maximum Gasteiger partial charge on any atom is 0.195 e. The van der Waals surface area contributed by atoms with E-state index in [-0.39, 0.29) is 11.2 Å². The zero-order valence-corrected chi connectivity index (χ0v) is 12.0. The maximum absolute atomic E-state index is 12.5. The fourth-order valence-electron chi connectivity index (χ4n) is 2.01. The predicted octanol–water partition coefficient (Wildman–Crippen LogP) is 3.25. The summed E-state index contributed by atoms with van der Waals surface area (Å²) in [6.45, 7) is 7.92. The highest BCUT2D eigenvalue weighted by Crippen LogP contribution is 2.29. The fourth-order valence-corrected chi connectivity index (χ4v) is 2.01. The van der Waals surface area contributed by atoms with Crippen molar-refractivity contribution < 1.29 is 14.3 Å². The Morgan fingerprint density at radius 1 is 1.22 bits per heavy atom. The normalized spacial score (nSPS) is 13.2. The van der Waals surface area contributed by atoms with Crippen molar-refractivity contribution >= 4 is 5.78 Å². The molecule has 18 heavy (non-hydrogen) atoms. The van der Waals surface area contributed by atoms with Crippen molar-refractivity contribution in [2.24, 2.45) is 5.41 Å². The topological polar surface area (TPSA) is 35.5 Å². The van der Waals surface area contributed by atoms with Crippen LogP contribution in [0.5, 0.6) is 5.75 Å². The van der Waals surface area contributed by atoms with E-state index in [1.54, 1.807) is 14.2 Å². The van der Waals surface area contributed by atoms with E-state index in [0.29, 0.717) is 11.3 Å². The second-order valence-corrected chi connectivity index (χ2v) is 5.55. The van der Waals surface area contributed by atoms with Gasteiger partial charge in [-0.25, -0.2) is 0 Å². The van der Waals surface area contributed by atoms with Crippen molar-refractivity contribution in [3.63, 3.8) is 0 Å². The Kier molecular flexibility index (Phi) is 4.52. The van der Waals surface area contributed by atoms with Crippen LogP contribution in [-0.4, -0.2) is 26.1 Å². The molecule has 0 spiro atoms. The highest BCUT2D eigenvalue weighted by Gasteiger charge is 2.33. The molecule has 0 saturated heterocycles. The summed E-state index contributed by atoms with van der Waals surface area (Å²) in [7, 11) is 3.14. The molecule has 0 radical (unpaired) electrons. The van der Waals surface area contributed by atoms with Crippen LogP contribution >= 0.6 is 0 Å². The highest BCUT2D eigenvalue weighted by atomic mass is 16.5. The number of ketones is 1. The molecule has 1 aromatic carbocycles. The Morgan fingerprint density at radius 3 is 2.28 bits per heavy atom. The van der Waals surface area contributed by atoms with E-state index in [9.17, 15) is 4.79 Å². The van der Waals surface area contributed by atoms with Gasteiger partial charge in [0.1, 0.15) is 11.9 Å². The van der Waals surface area contributed by atoms with Crippen LogP contribution in [0.1, 0.15) is 36.7 Å². The average molecular weight is 250 g/mol. The molecule has 0 heterocycles. The van der Waals surface area contributed by atoms with E-state index in [4.69, 9.17) is 9.47 Å². The minimum absolute atomic E-state index is 0.0365. The van der Waals surface area contributed by atoms with E-state index in [2.05, 4.69) is 0 Å². The number of hydrogen-bond acceptors (Lipinski definition) is 3. The van der Waals surface area contributed by atoms with E-state index in [1.165, 1.54) is 0 Å². The molecule has 1 atom stereocenters. The molecule has 0 saturated carbocycles. The molecule has 1 rings (SSSR count). The summed E-state index contributed by atoms with van der Waals surface area (Å²) >= 11 is 0. The molecule has 1 aromatic rings. The molecule has 0 aliphatic heterocycles. The number of ether oxygens (including phenoxy) is 2. The summed E-state index contributed by atoms with van der Waals surface area (Å²) in [6, 6.07) is 5.59. The van der Waals surface area contributed by atoms with Crippen LogP contribution in [0.4, 0.5) is 0 Å². The quantitative estimate of drug-likeness (QED) is 0.769. The van der Waals surface area contributed by atoms with Crippen LogP contribution in [0.25, 0.3) is 0 Å². The van der Waals surface area contributed by atoms with E-state index >= 15 is 0 Å². The smallest absolute Gasteiger partial charge is 0.195 e. The van der Waals surface area contributed by atoms with Crippen molar-refractivity contribution in [3.8, 4) is 5.75 Å². The maximum atomic E-state index is 12.5. The van der Waals surface area contributed by atoms with Crippen LogP contribution in [0.2, 0.25) is 0 Å². The van der Waals surface area contributed by atoms with E-state index < -0.39 is 6.10 Å². The second kappa shape index (κ2) is 5.53. The molecule has 0 N–H and O–H groups in total. The van der Waals surface area contributed by atoms with E-state index in [1.807, 2.05) is 45.9 Å². The standard InChI is InChI=1S/C15H22O3/c1-10-7-8-12(17-5)11(9-10)13(16)14(18-6)15(2,3)4/h7-9,14H,1-6H3. The van der Waals surface area contributed by atoms with Gasteiger partial charge in [0.05, 0.1) is 12.7 Å². The van der Waals surface area contributed by atoms with Gasteiger partial charge in [-0.1, -0.05) is 32.4 Å². The summed E-state index contributed by atoms with van der Waals surface area (Å²) in [5.74, 6) is 0.558. The van der Waals surface area contributed by atoms with Gasteiger partial charge in [0, 0.05) is 7.11 Å². The van der Waals surface area contributed by atoms with Gasteiger partial charge in [-0.2, -0.15) is 0 Å². The lowest BCUT2D eigenvalue weighted by Gasteiger charge is -2.28. The summed E-state index contributed by atoms with van der Waals surface area (Å²) in [6.07, 6.45) is -0.479. The highest BCUT2D eigenvalue weighted by molar-refractivity contribution is 6.02. The zero-order valence-electron chi connectivity index (χ0n) is 12.0. The predicted molar refractivity (Wildman–Crippen MR) is 72.3 cm³/mol. The van der Waals surface area contributed by atoms with Gasteiger partial charge in [-0.15, -0.1) is 0 Å². The molecule has 0 fully saturated rings. The minimum Gasteiger partial charge on any atom is -0.496 e. The number of hydrogen-bond donors (Lipinski definition) is 0. The van der Waals surface area contributed by atoms with Crippen LogP contribution in [0, 0.1) is 12.3 Å². The minimum atomic E-state index is -0.479. The number of Topliss-reactive ketones (excluding diaryl/α,β-unsaturated/α-hetero) is 1. The SMILES string of the molecule is COc1ccc(C)cc1C(=O)C(OC)C(C)(C)C. The van der Waals surface area contributed by atoms with Crippen molar-refractivity contribution in [1.29, 1.82) is 0 Å². The second-order valence-electron chi connectivity index (χ2n) is 5.55. The van der Waals surface area contributed by atoms with Crippen molar-refractivity contribution in [1.82, 2.24) is 0 Å². The number of aryl methyl sites for hydroxylation is 1. The third-order valence-electron chi connectivity index (χ3n) is 2.88. The number of rotatable bonds is 4. The fraction of sp³-hybridized carbons (Fsp3) is 0.533. The summed E-state index contributed by atoms with van der Waals surface area (Å²) < 4.78 is 10.6. The first kappa shape index (κ1) is 14.7. The summed E-state index contributed by atoms with van der Waals surface area (Å²) in [4.78, 5) is 12.5. The van der Waals surface area contributed by atoms with Crippen molar-refractivity contribution in [2.45, 2.75) is 33.8 Å². The van der Waals surface area contributed by atoms with Gasteiger partial charge in [-0.3, -0.25) is 4.79 Å². The zero-order chi connectivity index (χ0) is 13.9. The molecule has 0 bridgehead atoms. The van der Waals surface area contributed by atoms with Crippen molar-refractivity contribution in [3.05, 3.63) is 29.3 Å². The molecule has 100 valence electrons.